The molecule has 0 spiro atoms. The van der Waals surface area contributed by atoms with Crippen molar-refractivity contribution in [3.63, 3.8) is 0 Å². The quantitative estimate of drug-likeness (QED) is 0.733. The van der Waals surface area contributed by atoms with E-state index in [1.54, 1.807) is 10.6 Å². The molecule has 1 aromatic heterocycles. The standard InChI is InChI=1S/C11H14N2O2/c1-11-6-15-5-7(11)9(11)13-4-2-3-8(12)10(13)14/h2-4,7,9H,5-6,12H2,1H3/t7-,9-,11?/m0/s1. The van der Waals surface area contributed by atoms with E-state index in [0.29, 0.717) is 11.6 Å². The van der Waals surface area contributed by atoms with E-state index in [0.717, 1.165) is 13.2 Å². The third-order valence-electron chi connectivity index (χ3n) is 3.81. The number of fused-ring (bicyclic) bond motifs is 1. The lowest BCUT2D eigenvalue weighted by molar-refractivity contribution is 0.134. The lowest BCUT2D eigenvalue weighted by atomic mass is 10.1. The molecule has 1 unspecified atom stereocenters. The first-order valence-corrected chi connectivity index (χ1v) is 5.19. The summed E-state index contributed by atoms with van der Waals surface area (Å²) in [4.78, 5) is 11.8. The molecule has 1 aliphatic heterocycles. The van der Waals surface area contributed by atoms with Gasteiger partial charge in [0.25, 0.3) is 5.56 Å². The average Bonchev–Trinajstić information content (AvgIpc) is 2.59. The maximum Gasteiger partial charge on any atom is 0.273 e. The van der Waals surface area contributed by atoms with Gasteiger partial charge >= 0.3 is 0 Å². The summed E-state index contributed by atoms with van der Waals surface area (Å²) in [6, 6.07) is 3.76. The smallest absolute Gasteiger partial charge is 0.273 e. The molecule has 2 heterocycles. The normalized spacial score (nSPS) is 37.7. The fourth-order valence-corrected chi connectivity index (χ4v) is 2.77. The highest BCUT2D eigenvalue weighted by Crippen LogP contribution is 2.64. The minimum Gasteiger partial charge on any atom is -0.394 e. The van der Waals surface area contributed by atoms with E-state index >= 15 is 0 Å². The Morgan fingerprint density at radius 3 is 3.13 bits per heavy atom. The van der Waals surface area contributed by atoms with Gasteiger partial charge < -0.3 is 15.0 Å². The van der Waals surface area contributed by atoms with Gasteiger partial charge in [-0.1, -0.05) is 6.92 Å². The van der Waals surface area contributed by atoms with Crippen LogP contribution in [0.5, 0.6) is 0 Å². The lowest BCUT2D eigenvalue weighted by Crippen LogP contribution is -2.24. The molecule has 80 valence electrons. The summed E-state index contributed by atoms with van der Waals surface area (Å²) in [5.41, 5.74) is 6.02. The molecular weight excluding hydrogens is 192 g/mol. The maximum absolute atomic E-state index is 11.8. The Morgan fingerprint density at radius 2 is 2.47 bits per heavy atom. The first-order chi connectivity index (χ1) is 7.14. The van der Waals surface area contributed by atoms with Crippen molar-refractivity contribution in [2.24, 2.45) is 11.3 Å². The summed E-state index contributed by atoms with van der Waals surface area (Å²) in [6.45, 7) is 3.69. The van der Waals surface area contributed by atoms with Crippen LogP contribution in [0.2, 0.25) is 0 Å². The van der Waals surface area contributed by atoms with Gasteiger partial charge in [-0.05, 0) is 12.1 Å². The van der Waals surface area contributed by atoms with Gasteiger partial charge in [-0.15, -0.1) is 0 Å². The van der Waals surface area contributed by atoms with Crippen molar-refractivity contribution in [2.75, 3.05) is 18.9 Å². The van der Waals surface area contributed by atoms with Gasteiger partial charge in [0.05, 0.1) is 24.9 Å². The van der Waals surface area contributed by atoms with Crippen molar-refractivity contribution in [1.29, 1.82) is 0 Å². The molecule has 3 atom stereocenters. The molecule has 0 bridgehead atoms. The number of ether oxygens (including phenoxy) is 1. The van der Waals surface area contributed by atoms with Crippen molar-refractivity contribution in [2.45, 2.75) is 13.0 Å². The van der Waals surface area contributed by atoms with Gasteiger partial charge in [-0.25, -0.2) is 0 Å². The summed E-state index contributed by atoms with van der Waals surface area (Å²) in [6.07, 6.45) is 1.83. The van der Waals surface area contributed by atoms with Crippen molar-refractivity contribution >= 4 is 5.69 Å². The third kappa shape index (κ3) is 1.03. The molecule has 1 saturated carbocycles. The van der Waals surface area contributed by atoms with Gasteiger partial charge in [0.1, 0.15) is 0 Å². The SMILES string of the molecule is CC12COC[C@H]1[C@@H]2n1cccc(N)c1=O. The van der Waals surface area contributed by atoms with E-state index in [1.165, 1.54) is 0 Å². The molecule has 15 heavy (non-hydrogen) atoms. The van der Waals surface area contributed by atoms with Gasteiger partial charge in [0.15, 0.2) is 0 Å². The molecule has 2 fully saturated rings. The minimum atomic E-state index is -0.0712. The Hall–Kier alpha value is -1.29. The molecule has 0 amide bonds. The summed E-state index contributed by atoms with van der Waals surface area (Å²) in [7, 11) is 0. The zero-order valence-corrected chi connectivity index (χ0v) is 8.64. The number of nitrogens with two attached hydrogens (primary N) is 1. The maximum atomic E-state index is 11.8. The molecule has 2 N–H and O–H groups in total. The van der Waals surface area contributed by atoms with Crippen molar-refractivity contribution in [1.82, 2.24) is 4.57 Å². The van der Waals surface area contributed by atoms with Gasteiger partial charge in [-0.2, -0.15) is 0 Å². The van der Waals surface area contributed by atoms with Gasteiger partial charge in [0, 0.05) is 17.5 Å². The van der Waals surface area contributed by atoms with Crippen molar-refractivity contribution in [3.05, 3.63) is 28.7 Å². The van der Waals surface area contributed by atoms with Crippen LogP contribution in [0.15, 0.2) is 23.1 Å². The molecule has 1 saturated heterocycles. The molecule has 2 aliphatic rings. The highest BCUT2D eigenvalue weighted by molar-refractivity contribution is 5.35. The van der Waals surface area contributed by atoms with Gasteiger partial charge in [0.2, 0.25) is 0 Å². The zero-order valence-electron chi connectivity index (χ0n) is 8.64. The molecule has 4 nitrogen and oxygen atoms in total. The number of hydrogen-bond acceptors (Lipinski definition) is 3. The molecule has 0 aromatic carbocycles. The van der Waals surface area contributed by atoms with E-state index < -0.39 is 0 Å². The van der Waals surface area contributed by atoms with E-state index in [9.17, 15) is 4.79 Å². The van der Waals surface area contributed by atoms with E-state index in [-0.39, 0.29) is 17.0 Å². The highest BCUT2D eigenvalue weighted by Gasteiger charge is 2.66. The third-order valence-corrected chi connectivity index (χ3v) is 3.81. The Labute approximate surface area is 87.7 Å². The van der Waals surface area contributed by atoms with Gasteiger partial charge in [-0.3, -0.25) is 4.79 Å². The number of pyridine rings is 1. The molecular formula is C11H14N2O2. The van der Waals surface area contributed by atoms with Crippen LogP contribution < -0.4 is 11.3 Å². The molecule has 1 aliphatic carbocycles. The number of anilines is 1. The first-order valence-electron chi connectivity index (χ1n) is 5.19. The fourth-order valence-electron chi connectivity index (χ4n) is 2.77. The van der Waals surface area contributed by atoms with Crippen LogP contribution in [0.3, 0.4) is 0 Å². The predicted molar refractivity (Wildman–Crippen MR) is 56.6 cm³/mol. The average molecular weight is 206 g/mol. The largest absolute Gasteiger partial charge is 0.394 e. The summed E-state index contributed by atoms with van der Waals surface area (Å²) >= 11 is 0. The zero-order chi connectivity index (χ0) is 10.6. The van der Waals surface area contributed by atoms with Crippen LogP contribution in [0, 0.1) is 11.3 Å². The second-order valence-corrected chi connectivity index (χ2v) is 4.75. The van der Waals surface area contributed by atoms with Crippen LogP contribution >= 0.6 is 0 Å². The Bertz CT molecular complexity index is 468. The second kappa shape index (κ2) is 2.64. The summed E-state index contributed by atoms with van der Waals surface area (Å²) < 4.78 is 7.15. The number of nitrogen functional groups attached to an aromatic ring is 1. The van der Waals surface area contributed by atoms with E-state index in [1.807, 2.05) is 12.3 Å². The lowest BCUT2D eigenvalue weighted by Gasteiger charge is -2.12. The van der Waals surface area contributed by atoms with Crippen LogP contribution in [0.25, 0.3) is 0 Å². The highest BCUT2D eigenvalue weighted by atomic mass is 16.5. The molecule has 3 rings (SSSR count). The predicted octanol–water partition coefficient (Wildman–Crippen LogP) is 0.638. The molecule has 4 heteroatoms. The van der Waals surface area contributed by atoms with Crippen molar-refractivity contribution < 1.29 is 4.74 Å². The number of aromatic nitrogens is 1. The Balaban J connectivity index is 2.03. The topological polar surface area (TPSA) is 57.2 Å². The Morgan fingerprint density at radius 1 is 1.67 bits per heavy atom. The van der Waals surface area contributed by atoms with Crippen LogP contribution in [-0.4, -0.2) is 17.8 Å². The van der Waals surface area contributed by atoms with E-state index in [2.05, 4.69) is 6.92 Å². The van der Waals surface area contributed by atoms with Crippen LogP contribution in [0.4, 0.5) is 5.69 Å². The number of hydrogen-bond donors (Lipinski definition) is 1. The molecule has 1 aromatic rings. The van der Waals surface area contributed by atoms with Crippen LogP contribution in [0.1, 0.15) is 13.0 Å². The number of nitrogens with zero attached hydrogens (tertiary/aromatic N) is 1. The number of rotatable bonds is 1. The fraction of sp³-hybridized carbons (Fsp3) is 0.545. The first kappa shape index (κ1) is 8.97. The van der Waals surface area contributed by atoms with Crippen molar-refractivity contribution in [3.8, 4) is 0 Å². The minimum absolute atomic E-state index is 0.0712. The summed E-state index contributed by atoms with van der Waals surface area (Å²) in [5.74, 6) is 0.483. The Kier molecular flexibility index (Phi) is 1.58. The molecule has 0 radical (unpaired) electrons. The van der Waals surface area contributed by atoms with E-state index in [4.69, 9.17) is 10.5 Å². The second-order valence-electron chi connectivity index (χ2n) is 4.75. The summed E-state index contributed by atoms with van der Waals surface area (Å²) in [5, 5.41) is 0. The monoisotopic (exact) mass is 206 g/mol. The van der Waals surface area contributed by atoms with Crippen LogP contribution in [-0.2, 0) is 4.74 Å².